The van der Waals surface area contributed by atoms with E-state index in [2.05, 4.69) is 44.2 Å². The molecule has 1 N–H and O–H groups in total. The fraction of sp³-hybridized carbons (Fsp3) is 0.333. The number of aryl methyl sites for hydroxylation is 1. The number of aromatic hydroxyl groups is 1. The smallest absolute Gasteiger partial charge is 0.124 e. The average Bonchev–Trinajstić information content (AvgIpc) is 2.68. The summed E-state index contributed by atoms with van der Waals surface area (Å²) in [7, 11) is 0. The topological polar surface area (TPSA) is 20.2 Å². The van der Waals surface area contributed by atoms with Gasteiger partial charge in [0.25, 0.3) is 0 Å². The van der Waals surface area contributed by atoms with E-state index in [9.17, 15) is 5.11 Å². The van der Waals surface area contributed by atoms with Crippen molar-refractivity contribution in [1.82, 2.24) is 0 Å². The second-order valence-electron chi connectivity index (χ2n) is 6.83. The molecule has 3 aromatic carbocycles. The Bertz CT molecular complexity index is 846. The zero-order valence-electron chi connectivity index (χ0n) is 15.4. The van der Waals surface area contributed by atoms with Crippen LogP contribution in [0.5, 0.6) is 5.75 Å². The van der Waals surface area contributed by atoms with Crippen LogP contribution in [0.25, 0.3) is 21.9 Å². The van der Waals surface area contributed by atoms with E-state index in [0.717, 1.165) is 23.8 Å². The molecule has 0 fully saturated rings. The molecule has 0 heterocycles. The Morgan fingerprint density at radius 3 is 2.36 bits per heavy atom. The number of phenols is 1. The van der Waals surface area contributed by atoms with Crippen molar-refractivity contribution in [2.24, 2.45) is 0 Å². The molecule has 0 bridgehead atoms. The second-order valence-corrected chi connectivity index (χ2v) is 6.83. The van der Waals surface area contributed by atoms with Crippen molar-refractivity contribution in [3.8, 4) is 16.9 Å². The Balaban J connectivity index is 0.000000415. The number of hydrogen-bond acceptors (Lipinski definition) is 1. The van der Waals surface area contributed by atoms with Crippen LogP contribution in [0.2, 0.25) is 0 Å². The quantitative estimate of drug-likeness (QED) is 0.541. The molecule has 0 radical (unpaired) electrons. The van der Waals surface area contributed by atoms with Gasteiger partial charge in [0, 0.05) is 5.56 Å². The summed E-state index contributed by atoms with van der Waals surface area (Å²) in [5.74, 6) is 0.382. The molecule has 1 heteroatoms. The Kier molecular flexibility index (Phi) is 5.75. The lowest BCUT2D eigenvalue weighted by Crippen LogP contribution is -2.04. The number of benzene rings is 3. The molecule has 4 rings (SSSR count). The molecule has 1 nitrogen and oxygen atoms in total. The number of hydrogen-bond donors (Lipinski definition) is 1. The molecule has 0 atom stereocenters. The summed E-state index contributed by atoms with van der Waals surface area (Å²) in [6.07, 6.45) is 7.44. The first-order valence-electron chi connectivity index (χ1n) is 9.58. The fourth-order valence-electron chi connectivity index (χ4n) is 3.56. The van der Waals surface area contributed by atoms with Gasteiger partial charge < -0.3 is 5.11 Å². The SMILES string of the molecule is CCCC.Oc1ccc2ccccc2c1-c1cccc2c1CCCC2. The molecule has 1 aliphatic carbocycles. The van der Waals surface area contributed by atoms with E-state index in [1.54, 1.807) is 0 Å². The minimum Gasteiger partial charge on any atom is -0.507 e. The molecule has 0 amide bonds. The van der Waals surface area contributed by atoms with Crippen molar-refractivity contribution in [2.45, 2.75) is 52.4 Å². The summed E-state index contributed by atoms with van der Waals surface area (Å²) in [4.78, 5) is 0. The summed E-state index contributed by atoms with van der Waals surface area (Å²) in [6.45, 7) is 4.36. The van der Waals surface area contributed by atoms with Gasteiger partial charge in [-0.3, -0.25) is 0 Å². The first-order chi connectivity index (χ1) is 12.3. The van der Waals surface area contributed by atoms with E-state index in [1.807, 2.05) is 24.3 Å². The molecule has 1 aliphatic rings. The van der Waals surface area contributed by atoms with Crippen molar-refractivity contribution in [3.63, 3.8) is 0 Å². The van der Waals surface area contributed by atoms with Crippen molar-refractivity contribution >= 4 is 10.8 Å². The van der Waals surface area contributed by atoms with Crippen molar-refractivity contribution < 1.29 is 5.11 Å². The number of phenolic OH excluding ortho intramolecular Hbond substituents is 1. The zero-order chi connectivity index (χ0) is 17.6. The molecular weight excluding hydrogens is 304 g/mol. The molecule has 0 unspecified atom stereocenters. The van der Waals surface area contributed by atoms with E-state index in [0.29, 0.717) is 5.75 Å². The normalized spacial score (nSPS) is 13.0. The molecule has 0 aromatic heterocycles. The minimum absolute atomic E-state index is 0.382. The van der Waals surface area contributed by atoms with E-state index in [1.165, 1.54) is 47.8 Å². The Hall–Kier alpha value is -2.28. The van der Waals surface area contributed by atoms with Crippen molar-refractivity contribution in [1.29, 1.82) is 0 Å². The average molecular weight is 332 g/mol. The predicted molar refractivity (Wildman–Crippen MR) is 108 cm³/mol. The zero-order valence-corrected chi connectivity index (χ0v) is 15.4. The van der Waals surface area contributed by atoms with Gasteiger partial charge in [-0.15, -0.1) is 0 Å². The lowest BCUT2D eigenvalue weighted by Gasteiger charge is -2.21. The highest BCUT2D eigenvalue weighted by molar-refractivity contribution is 6.00. The molecule has 0 spiro atoms. The van der Waals surface area contributed by atoms with Crippen LogP contribution in [0.1, 0.15) is 50.7 Å². The molecule has 0 aliphatic heterocycles. The van der Waals surface area contributed by atoms with Gasteiger partial charge in [-0.1, -0.05) is 75.2 Å². The fourth-order valence-corrected chi connectivity index (χ4v) is 3.56. The number of rotatable bonds is 2. The minimum atomic E-state index is 0.382. The third kappa shape index (κ3) is 3.71. The molecule has 0 saturated heterocycles. The maximum absolute atomic E-state index is 10.5. The third-order valence-electron chi connectivity index (χ3n) is 5.07. The van der Waals surface area contributed by atoms with Crippen molar-refractivity contribution in [2.75, 3.05) is 0 Å². The van der Waals surface area contributed by atoms with Gasteiger partial charge in [-0.2, -0.15) is 0 Å². The standard InChI is InChI=1S/C20H18O.C4H10/c21-19-13-12-15-7-2-4-10-17(15)20(19)18-11-5-8-14-6-1-3-9-16(14)18;1-3-4-2/h2,4-5,7-8,10-13,21H,1,3,6,9H2;3-4H2,1-2H3. The highest BCUT2D eigenvalue weighted by atomic mass is 16.3. The van der Waals surface area contributed by atoms with Gasteiger partial charge in [-0.05, 0) is 59.2 Å². The van der Waals surface area contributed by atoms with Crippen LogP contribution in [0.15, 0.2) is 54.6 Å². The van der Waals surface area contributed by atoms with E-state index >= 15 is 0 Å². The Morgan fingerprint density at radius 1 is 0.800 bits per heavy atom. The van der Waals surface area contributed by atoms with E-state index in [4.69, 9.17) is 0 Å². The number of fused-ring (bicyclic) bond motifs is 2. The molecule has 25 heavy (non-hydrogen) atoms. The molecule has 3 aromatic rings. The van der Waals surface area contributed by atoms with Crippen LogP contribution in [0.3, 0.4) is 0 Å². The van der Waals surface area contributed by atoms with Crippen molar-refractivity contribution in [3.05, 3.63) is 65.7 Å². The Labute approximate surface area is 151 Å². The first kappa shape index (κ1) is 17.5. The van der Waals surface area contributed by atoms with Gasteiger partial charge in [0.1, 0.15) is 5.75 Å². The van der Waals surface area contributed by atoms with Crippen LogP contribution in [0, 0.1) is 0 Å². The van der Waals surface area contributed by atoms with Crippen LogP contribution >= 0.6 is 0 Å². The summed E-state index contributed by atoms with van der Waals surface area (Å²) in [5.41, 5.74) is 5.08. The lowest BCUT2D eigenvalue weighted by molar-refractivity contribution is 0.478. The van der Waals surface area contributed by atoms with E-state index in [-0.39, 0.29) is 0 Å². The van der Waals surface area contributed by atoms with Crippen LogP contribution < -0.4 is 0 Å². The maximum atomic E-state index is 10.5. The van der Waals surface area contributed by atoms with E-state index < -0.39 is 0 Å². The van der Waals surface area contributed by atoms with Gasteiger partial charge in [0.2, 0.25) is 0 Å². The second kappa shape index (κ2) is 8.20. The summed E-state index contributed by atoms with van der Waals surface area (Å²) in [5, 5.41) is 12.8. The molecule has 0 saturated carbocycles. The predicted octanol–water partition coefficient (Wildman–Crippen LogP) is 6.90. The highest BCUT2D eigenvalue weighted by Crippen LogP contribution is 2.40. The maximum Gasteiger partial charge on any atom is 0.124 e. The highest BCUT2D eigenvalue weighted by Gasteiger charge is 2.17. The summed E-state index contributed by atoms with van der Waals surface area (Å²) < 4.78 is 0. The summed E-state index contributed by atoms with van der Waals surface area (Å²) >= 11 is 0. The lowest BCUT2D eigenvalue weighted by atomic mass is 9.84. The monoisotopic (exact) mass is 332 g/mol. The van der Waals surface area contributed by atoms with Gasteiger partial charge >= 0.3 is 0 Å². The first-order valence-corrected chi connectivity index (χ1v) is 9.58. The Morgan fingerprint density at radius 2 is 1.56 bits per heavy atom. The summed E-state index contributed by atoms with van der Waals surface area (Å²) in [6, 6.07) is 18.6. The third-order valence-corrected chi connectivity index (χ3v) is 5.07. The van der Waals surface area contributed by atoms with Crippen LogP contribution in [-0.4, -0.2) is 5.11 Å². The molecule has 130 valence electrons. The largest absolute Gasteiger partial charge is 0.507 e. The van der Waals surface area contributed by atoms with Gasteiger partial charge in [0.05, 0.1) is 0 Å². The number of unbranched alkanes of at least 4 members (excludes halogenated alkanes) is 1. The van der Waals surface area contributed by atoms with Crippen LogP contribution in [-0.2, 0) is 12.8 Å². The van der Waals surface area contributed by atoms with Gasteiger partial charge in [-0.25, -0.2) is 0 Å². The molecular formula is C24H28O. The van der Waals surface area contributed by atoms with Crippen LogP contribution in [0.4, 0.5) is 0 Å². The van der Waals surface area contributed by atoms with Gasteiger partial charge in [0.15, 0.2) is 0 Å².